The Bertz CT molecular complexity index is 538. The Morgan fingerprint density at radius 2 is 1.56 bits per heavy atom. The minimum absolute atomic E-state index is 0.741. The second-order valence-electron chi connectivity index (χ2n) is 3.90. The van der Waals surface area contributed by atoms with Gasteiger partial charge in [-0.3, -0.25) is 0 Å². The van der Waals surface area contributed by atoms with E-state index in [4.69, 9.17) is 9.47 Å². The molecular formula is C15H17NO2. The maximum atomic E-state index is 5.31. The van der Waals surface area contributed by atoms with Crippen LogP contribution in [0.4, 0.5) is 5.69 Å². The molecule has 94 valence electrons. The van der Waals surface area contributed by atoms with E-state index in [1.165, 1.54) is 0 Å². The van der Waals surface area contributed by atoms with Crippen LogP contribution in [0.15, 0.2) is 42.5 Å². The standard InChI is InChI=1S/C15H17NO2/c1-16-13-6-4-5-11(9-13)12-7-8-14(17-2)15(10-12)18-3/h4-10,16H,1-3H3. The van der Waals surface area contributed by atoms with Gasteiger partial charge in [0.25, 0.3) is 0 Å². The van der Waals surface area contributed by atoms with Crippen LogP contribution in [0.1, 0.15) is 0 Å². The molecule has 0 heterocycles. The lowest BCUT2D eigenvalue weighted by Crippen LogP contribution is -1.91. The van der Waals surface area contributed by atoms with Crippen LogP contribution in [0, 0.1) is 0 Å². The molecule has 1 N–H and O–H groups in total. The van der Waals surface area contributed by atoms with E-state index in [0.717, 1.165) is 28.3 Å². The monoisotopic (exact) mass is 243 g/mol. The molecule has 0 unspecified atom stereocenters. The van der Waals surface area contributed by atoms with Crippen LogP contribution in [-0.2, 0) is 0 Å². The average molecular weight is 243 g/mol. The summed E-state index contributed by atoms with van der Waals surface area (Å²) in [5.41, 5.74) is 3.33. The Hall–Kier alpha value is -2.16. The maximum absolute atomic E-state index is 5.31. The van der Waals surface area contributed by atoms with Crippen molar-refractivity contribution >= 4 is 5.69 Å². The molecular weight excluding hydrogens is 226 g/mol. The third-order valence-electron chi connectivity index (χ3n) is 2.87. The van der Waals surface area contributed by atoms with E-state index >= 15 is 0 Å². The van der Waals surface area contributed by atoms with E-state index in [-0.39, 0.29) is 0 Å². The number of hydrogen-bond donors (Lipinski definition) is 1. The van der Waals surface area contributed by atoms with Gasteiger partial charge in [-0.1, -0.05) is 18.2 Å². The summed E-state index contributed by atoms with van der Waals surface area (Å²) >= 11 is 0. The summed E-state index contributed by atoms with van der Waals surface area (Å²) in [6.45, 7) is 0. The highest BCUT2D eigenvalue weighted by Crippen LogP contribution is 2.32. The molecule has 0 saturated carbocycles. The summed E-state index contributed by atoms with van der Waals surface area (Å²) in [5.74, 6) is 1.48. The molecule has 3 heteroatoms. The first-order chi connectivity index (χ1) is 8.78. The molecule has 18 heavy (non-hydrogen) atoms. The van der Waals surface area contributed by atoms with Gasteiger partial charge in [-0.15, -0.1) is 0 Å². The topological polar surface area (TPSA) is 30.5 Å². The van der Waals surface area contributed by atoms with Crippen molar-refractivity contribution in [2.75, 3.05) is 26.6 Å². The SMILES string of the molecule is CNc1cccc(-c2ccc(OC)c(OC)c2)c1. The Balaban J connectivity index is 2.43. The summed E-state index contributed by atoms with van der Waals surface area (Å²) in [7, 11) is 5.19. The van der Waals surface area contributed by atoms with Crippen molar-refractivity contribution in [2.45, 2.75) is 0 Å². The van der Waals surface area contributed by atoms with Gasteiger partial charge in [0.1, 0.15) is 0 Å². The van der Waals surface area contributed by atoms with Crippen molar-refractivity contribution < 1.29 is 9.47 Å². The lowest BCUT2D eigenvalue weighted by Gasteiger charge is -2.10. The van der Waals surface area contributed by atoms with Crippen LogP contribution in [0.3, 0.4) is 0 Å². The molecule has 0 atom stereocenters. The Kier molecular flexibility index (Phi) is 3.72. The maximum Gasteiger partial charge on any atom is 0.161 e. The molecule has 0 aliphatic heterocycles. The normalized spacial score (nSPS) is 9.94. The second-order valence-corrected chi connectivity index (χ2v) is 3.90. The van der Waals surface area contributed by atoms with Gasteiger partial charge in [-0.2, -0.15) is 0 Å². The fraction of sp³-hybridized carbons (Fsp3) is 0.200. The van der Waals surface area contributed by atoms with Crippen molar-refractivity contribution in [1.82, 2.24) is 0 Å². The molecule has 0 aliphatic rings. The number of nitrogens with one attached hydrogen (secondary N) is 1. The number of rotatable bonds is 4. The molecule has 0 spiro atoms. The van der Waals surface area contributed by atoms with E-state index in [1.807, 2.05) is 37.4 Å². The molecule has 2 aromatic carbocycles. The predicted octanol–water partition coefficient (Wildman–Crippen LogP) is 3.41. The van der Waals surface area contributed by atoms with Crippen LogP contribution in [0.2, 0.25) is 0 Å². The molecule has 0 fully saturated rings. The van der Waals surface area contributed by atoms with E-state index in [0.29, 0.717) is 0 Å². The molecule has 0 amide bonds. The van der Waals surface area contributed by atoms with Gasteiger partial charge in [-0.25, -0.2) is 0 Å². The molecule has 0 saturated heterocycles. The van der Waals surface area contributed by atoms with Crippen molar-refractivity contribution in [3.05, 3.63) is 42.5 Å². The number of methoxy groups -OCH3 is 2. The molecule has 0 aliphatic carbocycles. The molecule has 0 bridgehead atoms. The van der Waals surface area contributed by atoms with Crippen molar-refractivity contribution in [1.29, 1.82) is 0 Å². The van der Waals surface area contributed by atoms with Gasteiger partial charge >= 0.3 is 0 Å². The van der Waals surface area contributed by atoms with Gasteiger partial charge in [0, 0.05) is 12.7 Å². The number of benzene rings is 2. The van der Waals surface area contributed by atoms with Crippen LogP contribution < -0.4 is 14.8 Å². The summed E-state index contributed by atoms with van der Waals surface area (Å²) in [6.07, 6.45) is 0. The van der Waals surface area contributed by atoms with Crippen LogP contribution in [-0.4, -0.2) is 21.3 Å². The van der Waals surface area contributed by atoms with Gasteiger partial charge in [0.2, 0.25) is 0 Å². The van der Waals surface area contributed by atoms with Crippen molar-refractivity contribution in [3.8, 4) is 22.6 Å². The molecule has 2 rings (SSSR count). The second kappa shape index (κ2) is 5.45. The smallest absolute Gasteiger partial charge is 0.161 e. The zero-order valence-corrected chi connectivity index (χ0v) is 10.9. The molecule has 0 radical (unpaired) electrons. The zero-order valence-electron chi connectivity index (χ0n) is 10.9. The van der Waals surface area contributed by atoms with Gasteiger partial charge < -0.3 is 14.8 Å². The minimum atomic E-state index is 0.741. The summed E-state index contributed by atoms with van der Waals surface area (Å²) in [6, 6.07) is 14.1. The number of ether oxygens (including phenoxy) is 2. The quantitative estimate of drug-likeness (QED) is 0.892. The van der Waals surface area contributed by atoms with Crippen molar-refractivity contribution in [3.63, 3.8) is 0 Å². The molecule has 3 nitrogen and oxygen atoms in total. The number of hydrogen-bond acceptors (Lipinski definition) is 3. The summed E-state index contributed by atoms with van der Waals surface area (Å²) in [4.78, 5) is 0. The van der Waals surface area contributed by atoms with Crippen LogP contribution in [0.5, 0.6) is 11.5 Å². The van der Waals surface area contributed by atoms with Gasteiger partial charge in [-0.05, 0) is 35.4 Å². The number of anilines is 1. The first-order valence-electron chi connectivity index (χ1n) is 5.78. The Morgan fingerprint density at radius 3 is 2.22 bits per heavy atom. The van der Waals surface area contributed by atoms with Crippen LogP contribution in [0.25, 0.3) is 11.1 Å². The highest BCUT2D eigenvalue weighted by Gasteiger charge is 2.06. The average Bonchev–Trinajstić information content (AvgIpc) is 2.46. The van der Waals surface area contributed by atoms with E-state index < -0.39 is 0 Å². The third-order valence-corrected chi connectivity index (χ3v) is 2.87. The molecule has 2 aromatic rings. The van der Waals surface area contributed by atoms with Crippen molar-refractivity contribution in [2.24, 2.45) is 0 Å². The highest BCUT2D eigenvalue weighted by atomic mass is 16.5. The highest BCUT2D eigenvalue weighted by molar-refractivity contribution is 5.70. The Morgan fingerprint density at radius 1 is 0.833 bits per heavy atom. The predicted molar refractivity (Wildman–Crippen MR) is 74.5 cm³/mol. The van der Waals surface area contributed by atoms with Gasteiger partial charge in [0.15, 0.2) is 11.5 Å². The first kappa shape index (κ1) is 12.3. The molecule has 0 aromatic heterocycles. The minimum Gasteiger partial charge on any atom is -0.493 e. The summed E-state index contributed by atoms with van der Waals surface area (Å²) in [5, 5.41) is 3.13. The van der Waals surface area contributed by atoms with Gasteiger partial charge in [0.05, 0.1) is 14.2 Å². The first-order valence-corrected chi connectivity index (χ1v) is 5.78. The fourth-order valence-electron chi connectivity index (χ4n) is 1.87. The van der Waals surface area contributed by atoms with E-state index in [1.54, 1.807) is 14.2 Å². The van der Waals surface area contributed by atoms with E-state index in [2.05, 4.69) is 17.4 Å². The Labute approximate surface area is 107 Å². The fourth-order valence-corrected chi connectivity index (χ4v) is 1.87. The van der Waals surface area contributed by atoms with Crippen LogP contribution >= 0.6 is 0 Å². The largest absolute Gasteiger partial charge is 0.493 e. The lowest BCUT2D eigenvalue weighted by atomic mass is 10.0. The van der Waals surface area contributed by atoms with E-state index in [9.17, 15) is 0 Å². The third kappa shape index (κ3) is 2.40. The summed E-state index contributed by atoms with van der Waals surface area (Å²) < 4.78 is 10.5. The zero-order chi connectivity index (χ0) is 13.0. The lowest BCUT2D eigenvalue weighted by molar-refractivity contribution is 0.355.